The summed E-state index contributed by atoms with van der Waals surface area (Å²) in [6, 6.07) is 6.29. The average molecular weight is 507 g/mol. The van der Waals surface area contributed by atoms with E-state index in [1.807, 2.05) is 13.0 Å². The number of thiazole rings is 1. The number of ether oxygens (including phenoxy) is 1. The summed E-state index contributed by atoms with van der Waals surface area (Å²) in [5.41, 5.74) is 0.0688. The molecule has 0 unspecified atom stereocenters. The lowest BCUT2D eigenvalue weighted by Gasteiger charge is -2.33. The number of nitrogens with one attached hydrogen (secondary N) is 1. The maximum Gasteiger partial charge on any atom is 0.433 e. The van der Waals surface area contributed by atoms with Crippen molar-refractivity contribution in [3.05, 3.63) is 52.9 Å². The number of benzene rings is 1. The molecule has 0 radical (unpaired) electrons. The van der Waals surface area contributed by atoms with Gasteiger partial charge in [0.25, 0.3) is 0 Å². The highest BCUT2D eigenvalue weighted by Gasteiger charge is 2.40. The molecule has 0 saturated heterocycles. The zero-order chi connectivity index (χ0) is 25.2. The normalized spacial score (nSPS) is 20.5. The van der Waals surface area contributed by atoms with Gasteiger partial charge in [0, 0.05) is 18.1 Å². The number of nitrogens with zero attached hydrogens (tertiary/aromatic N) is 3. The van der Waals surface area contributed by atoms with Crippen LogP contribution in [0.4, 0.5) is 24.8 Å². The van der Waals surface area contributed by atoms with Crippen molar-refractivity contribution in [2.24, 2.45) is 5.92 Å². The number of anilines is 2. The standard InChI is InChI=1S/C24H25F3N4O3S/c1-3-34-20(32)15-4-7-23(33,8-5-15)21-29-13-18(35-21)16-10-14(2)11-17(12-16)30-22-28-9-6-19(31-22)24(25,26)27/h6,9-13,15,33H,3-5,7-8H2,1-2H3,(H,28,30,31)/t15-,23-. The lowest BCUT2D eigenvalue weighted by atomic mass is 9.79. The van der Waals surface area contributed by atoms with Gasteiger partial charge in [0.2, 0.25) is 5.95 Å². The number of halogens is 3. The summed E-state index contributed by atoms with van der Waals surface area (Å²) in [5.74, 6) is -0.592. The van der Waals surface area contributed by atoms with Crippen LogP contribution in [-0.4, -0.2) is 32.6 Å². The number of hydrogen-bond donors (Lipinski definition) is 2. The molecule has 1 aliphatic carbocycles. The Morgan fingerprint density at radius 2 is 2.00 bits per heavy atom. The van der Waals surface area contributed by atoms with Gasteiger partial charge < -0.3 is 15.2 Å². The minimum atomic E-state index is -4.56. The van der Waals surface area contributed by atoms with Gasteiger partial charge in [0.05, 0.1) is 17.4 Å². The fraction of sp³-hybridized carbons (Fsp3) is 0.417. The predicted molar refractivity (Wildman–Crippen MR) is 125 cm³/mol. The van der Waals surface area contributed by atoms with E-state index in [0.29, 0.717) is 43.0 Å². The molecule has 186 valence electrons. The second kappa shape index (κ2) is 9.90. The Bertz CT molecular complexity index is 1210. The number of esters is 1. The van der Waals surface area contributed by atoms with E-state index in [2.05, 4.69) is 20.3 Å². The molecule has 7 nitrogen and oxygen atoms in total. The van der Waals surface area contributed by atoms with Gasteiger partial charge in [-0.1, -0.05) is 6.07 Å². The van der Waals surface area contributed by atoms with Crippen molar-refractivity contribution in [2.45, 2.75) is 51.3 Å². The molecule has 1 aliphatic rings. The highest BCUT2D eigenvalue weighted by atomic mass is 32.1. The Balaban J connectivity index is 1.51. The Labute approximate surface area is 204 Å². The number of hydrogen-bond acceptors (Lipinski definition) is 8. The Hall–Kier alpha value is -3.05. The summed E-state index contributed by atoms with van der Waals surface area (Å²) in [5, 5.41) is 14.6. The van der Waals surface area contributed by atoms with E-state index in [9.17, 15) is 23.1 Å². The molecule has 1 fully saturated rings. The number of aryl methyl sites for hydroxylation is 1. The van der Waals surface area contributed by atoms with Crippen LogP contribution in [-0.2, 0) is 21.3 Å². The SMILES string of the molecule is CCOC(=O)[C@H]1CC[C@@](O)(c2ncc(-c3cc(C)cc(Nc4nccc(C(F)(F)F)n4)c3)s2)CC1. The Morgan fingerprint density at radius 1 is 1.26 bits per heavy atom. The Morgan fingerprint density at radius 3 is 2.69 bits per heavy atom. The van der Waals surface area contributed by atoms with Crippen molar-refractivity contribution in [1.29, 1.82) is 0 Å². The minimum absolute atomic E-state index is 0.158. The highest BCUT2D eigenvalue weighted by molar-refractivity contribution is 7.15. The quantitative estimate of drug-likeness (QED) is 0.419. The number of rotatable bonds is 6. The van der Waals surface area contributed by atoms with Crippen molar-refractivity contribution in [1.82, 2.24) is 15.0 Å². The molecule has 0 aliphatic heterocycles. The zero-order valence-corrected chi connectivity index (χ0v) is 20.0. The molecule has 0 spiro atoms. The number of aromatic nitrogens is 3. The lowest BCUT2D eigenvalue weighted by molar-refractivity contribution is -0.151. The van der Waals surface area contributed by atoms with Gasteiger partial charge in [-0.2, -0.15) is 13.2 Å². The van der Waals surface area contributed by atoms with Gasteiger partial charge in [0.15, 0.2) is 0 Å². The molecule has 0 bridgehead atoms. The van der Waals surface area contributed by atoms with Crippen molar-refractivity contribution < 1.29 is 27.8 Å². The number of carbonyl (C=O) groups excluding carboxylic acids is 1. The summed E-state index contributed by atoms with van der Waals surface area (Å²) in [7, 11) is 0. The van der Waals surface area contributed by atoms with Crippen molar-refractivity contribution in [2.75, 3.05) is 11.9 Å². The van der Waals surface area contributed by atoms with E-state index in [1.165, 1.54) is 11.3 Å². The first-order valence-corrected chi connectivity index (χ1v) is 12.0. The molecule has 35 heavy (non-hydrogen) atoms. The fourth-order valence-electron chi connectivity index (χ4n) is 4.13. The third-order valence-electron chi connectivity index (χ3n) is 5.90. The van der Waals surface area contributed by atoms with E-state index >= 15 is 0 Å². The van der Waals surface area contributed by atoms with E-state index < -0.39 is 17.5 Å². The molecule has 1 saturated carbocycles. The molecule has 3 aromatic rings. The van der Waals surface area contributed by atoms with Gasteiger partial charge >= 0.3 is 12.1 Å². The van der Waals surface area contributed by atoms with Gasteiger partial charge in [-0.05, 0) is 68.9 Å². The second-order valence-electron chi connectivity index (χ2n) is 8.56. The fourth-order valence-corrected chi connectivity index (χ4v) is 5.18. The van der Waals surface area contributed by atoms with E-state index in [0.717, 1.165) is 28.3 Å². The van der Waals surface area contributed by atoms with Gasteiger partial charge in [-0.15, -0.1) is 11.3 Å². The molecule has 0 amide bonds. The van der Waals surface area contributed by atoms with Crippen molar-refractivity contribution in [3.8, 4) is 10.4 Å². The topological polar surface area (TPSA) is 97.2 Å². The highest BCUT2D eigenvalue weighted by Crippen LogP contribution is 2.43. The molecule has 11 heteroatoms. The van der Waals surface area contributed by atoms with Crippen LogP contribution in [0.2, 0.25) is 0 Å². The first-order valence-electron chi connectivity index (χ1n) is 11.2. The molecule has 2 N–H and O–H groups in total. The van der Waals surface area contributed by atoms with Crippen molar-refractivity contribution >= 4 is 28.9 Å². The largest absolute Gasteiger partial charge is 0.466 e. The number of alkyl halides is 3. The summed E-state index contributed by atoms with van der Waals surface area (Å²) in [6.45, 7) is 3.98. The van der Waals surface area contributed by atoms with Crippen LogP contribution in [0.1, 0.15) is 48.9 Å². The van der Waals surface area contributed by atoms with E-state index in [-0.39, 0.29) is 17.8 Å². The summed E-state index contributed by atoms with van der Waals surface area (Å²) in [4.78, 5) is 24.7. The van der Waals surface area contributed by atoms with Crippen LogP contribution in [0, 0.1) is 12.8 Å². The van der Waals surface area contributed by atoms with Crippen LogP contribution >= 0.6 is 11.3 Å². The number of carbonyl (C=O) groups is 1. The monoisotopic (exact) mass is 506 g/mol. The first kappa shape index (κ1) is 25.1. The van der Waals surface area contributed by atoms with Gasteiger partial charge in [0.1, 0.15) is 16.3 Å². The molecule has 2 aromatic heterocycles. The second-order valence-corrected chi connectivity index (χ2v) is 9.59. The van der Waals surface area contributed by atoms with E-state index in [4.69, 9.17) is 4.74 Å². The van der Waals surface area contributed by atoms with Gasteiger partial charge in [-0.25, -0.2) is 15.0 Å². The average Bonchev–Trinajstić information content (AvgIpc) is 3.30. The lowest BCUT2D eigenvalue weighted by Crippen LogP contribution is -2.34. The Kier molecular flexibility index (Phi) is 7.09. The predicted octanol–water partition coefficient (Wildman–Crippen LogP) is 5.61. The third kappa shape index (κ3) is 5.79. The van der Waals surface area contributed by atoms with Gasteiger partial charge in [-0.3, -0.25) is 4.79 Å². The molecule has 4 rings (SSSR count). The zero-order valence-electron chi connectivity index (χ0n) is 19.2. The summed E-state index contributed by atoms with van der Waals surface area (Å²) >= 11 is 1.36. The van der Waals surface area contributed by atoms with Crippen LogP contribution in [0.3, 0.4) is 0 Å². The maximum absolute atomic E-state index is 13.0. The molecule has 2 heterocycles. The molecular weight excluding hydrogens is 481 g/mol. The van der Waals surface area contributed by atoms with Crippen LogP contribution in [0.5, 0.6) is 0 Å². The molecule has 0 atom stereocenters. The molecule has 1 aromatic carbocycles. The summed E-state index contributed by atoms with van der Waals surface area (Å²) in [6.07, 6.45) is 0.0513. The minimum Gasteiger partial charge on any atom is -0.466 e. The summed E-state index contributed by atoms with van der Waals surface area (Å²) < 4.78 is 44.0. The number of aliphatic hydroxyl groups is 1. The third-order valence-corrected chi connectivity index (χ3v) is 7.14. The van der Waals surface area contributed by atoms with Crippen LogP contribution < -0.4 is 5.32 Å². The molecular formula is C24H25F3N4O3S. The van der Waals surface area contributed by atoms with Crippen LogP contribution in [0.15, 0.2) is 36.7 Å². The maximum atomic E-state index is 13.0. The van der Waals surface area contributed by atoms with Crippen molar-refractivity contribution in [3.63, 3.8) is 0 Å². The van der Waals surface area contributed by atoms with Crippen LogP contribution in [0.25, 0.3) is 10.4 Å². The van der Waals surface area contributed by atoms with E-state index in [1.54, 1.807) is 25.3 Å². The smallest absolute Gasteiger partial charge is 0.433 e. The first-order chi connectivity index (χ1) is 16.6.